The summed E-state index contributed by atoms with van der Waals surface area (Å²) in [5, 5.41) is 11.7. The standard InChI is InChI=1S/C14H20N2O3/c1-9(14(2,3)4)8-16-12(17)11-10(13(18)19)6-5-7-15-11/h5-7,9H,8H2,1-4H3,(H,16,17)(H,18,19). The van der Waals surface area contributed by atoms with Gasteiger partial charge < -0.3 is 10.4 Å². The smallest absolute Gasteiger partial charge is 0.338 e. The van der Waals surface area contributed by atoms with Crippen molar-refractivity contribution < 1.29 is 14.7 Å². The second-order valence-corrected chi connectivity index (χ2v) is 5.68. The number of hydrogen-bond acceptors (Lipinski definition) is 3. The van der Waals surface area contributed by atoms with Crippen LogP contribution in [-0.4, -0.2) is 28.5 Å². The Kier molecular flexibility index (Phi) is 4.64. The number of hydrogen-bond donors (Lipinski definition) is 2. The Hall–Kier alpha value is -1.91. The third kappa shape index (κ3) is 4.05. The van der Waals surface area contributed by atoms with Gasteiger partial charge in [0.2, 0.25) is 0 Å². The van der Waals surface area contributed by atoms with E-state index in [1.54, 1.807) is 0 Å². The summed E-state index contributed by atoms with van der Waals surface area (Å²) in [6.45, 7) is 8.79. The normalized spacial score (nSPS) is 12.8. The van der Waals surface area contributed by atoms with E-state index < -0.39 is 11.9 Å². The van der Waals surface area contributed by atoms with E-state index in [4.69, 9.17) is 5.11 Å². The Labute approximate surface area is 113 Å². The number of amides is 1. The Morgan fingerprint density at radius 3 is 2.58 bits per heavy atom. The number of pyridine rings is 1. The summed E-state index contributed by atoms with van der Waals surface area (Å²) in [7, 11) is 0. The molecule has 1 unspecified atom stereocenters. The molecule has 0 saturated carbocycles. The number of carbonyl (C=O) groups is 2. The van der Waals surface area contributed by atoms with E-state index >= 15 is 0 Å². The number of aromatic nitrogens is 1. The molecule has 0 aliphatic heterocycles. The van der Waals surface area contributed by atoms with Crippen molar-refractivity contribution in [2.24, 2.45) is 11.3 Å². The van der Waals surface area contributed by atoms with Crippen molar-refractivity contribution in [1.82, 2.24) is 10.3 Å². The molecule has 2 N–H and O–H groups in total. The molecule has 0 fully saturated rings. The van der Waals surface area contributed by atoms with Gasteiger partial charge in [-0.25, -0.2) is 4.79 Å². The monoisotopic (exact) mass is 264 g/mol. The van der Waals surface area contributed by atoms with Crippen LogP contribution < -0.4 is 5.32 Å². The van der Waals surface area contributed by atoms with Gasteiger partial charge in [0.1, 0.15) is 5.69 Å². The van der Waals surface area contributed by atoms with Crippen LogP contribution in [0.4, 0.5) is 0 Å². The molecule has 0 aromatic carbocycles. The van der Waals surface area contributed by atoms with Crippen molar-refractivity contribution in [1.29, 1.82) is 0 Å². The van der Waals surface area contributed by atoms with Crippen LogP contribution in [0.5, 0.6) is 0 Å². The summed E-state index contributed by atoms with van der Waals surface area (Å²) < 4.78 is 0. The van der Waals surface area contributed by atoms with Gasteiger partial charge >= 0.3 is 5.97 Å². The summed E-state index contributed by atoms with van der Waals surface area (Å²) in [5.74, 6) is -1.33. The van der Waals surface area contributed by atoms with Crippen molar-refractivity contribution in [2.75, 3.05) is 6.54 Å². The minimum atomic E-state index is -1.15. The average Bonchev–Trinajstić information content (AvgIpc) is 2.34. The van der Waals surface area contributed by atoms with Gasteiger partial charge in [-0.15, -0.1) is 0 Å². The van der Waals surface area contributed by atoms with Gasteiger partial charge in [0.15, 0.2) is 0 Å². The summed E-state index contributed by atoms with van der Waals surface area (Å²) in [6, 6.07) is 2.87. The molecule has 1 aromatic rings. The molecule has 0 radical (unpaired) electrons. The molecule has 5 nitrogen and oxygen atoms in total. The number of nitrogens with one attached hydrogen (secondary N) is 1. The molecule has 1 aromatic heterocycles. The Morgan fingerprint density at radius 2 is 2.05 bits per heavy atom. The first kappa shape index (κ1) is 15.1. The first-order valence-corrected chi connectivity index (χ1v) is 6.20. The van der Waals surface area contributed by atoms with Gasteiger partial charge in [-0.3, -0.25) is 9.78 Å². The molecule has 1 atom stereocenters. The topological polar surface area (TPSA) is 79.3 Å². The minimum Gasteiger partial charge on any atom is -0.478 e. The van der Waals surface area contributed by atoms with Crippen LogP contribution in [0.2, 0.25) is 0 Å². The first-order chi connectivity index (χ1) is 8.73. The molecule has 1 amide bonds. The fourth-order valence-corrected chi connectivity index (χ4v) is 1.39. The molecule has 0 aliphatic rings. The second kappa shape index (κ2) is 5.82. The van der Waals surface area contributed by atoms with Crippen LogP contribution in [-0.2, 0) is 0 Å². The Morgan fingerprint density at radius 1 is 1.42 bits per heavy atom. The van der Waals surface area contributed by atoms with E-state index in [1.807, 2.05) is 6.92 Å². The lowest BCUT2D eigenvalue weighted by molar-refractivity contribution is 0.0689. The van der Waals surface area contributed by atoms with Gasteiger partial charge in [0.05, 0.1) is 5.56 Å². The largest absolute Gasteiger partial charge is 0.478 e. The van der Waals surface area contributed by atoms with Gasteiger partial charge in [-0.05, 0) is 23.5 Å². The lowest BCUT2D eigenvalue weighted by atomic mass is 9.82. The highest BCUT2D eigenvalue weighted by atomic mass is 16.4. The number of carbonyl (C=O) groups excluding carboxylic acids is 1. The summed E-state index contributed by atoms with van der Waals surface area (Å²) in [5.41, 5.74) is -0.0490. The van der Waals surface area contributed by atoms with Gasteiger partial charge in [-0.1, -0.05) is 27.7 Å². The number of aromatic carboxylic acids is 1. The van der Waals surface area contributed by atoms with Crippen LogP contribution in [0.15, 0.2) is 18.3 Å². The minimum absolute atomic E-state index is 0.0453. The predicted octanol–water partition coefficient (Wildman–Crippen LogP) is 2.19. The molecule has 1 rings (SSSR count). The van der Waals surface area contributed by atoms with E-state index in [-0.39, 0.29) is 22.6 Å². The number of carboxylic acid groups (broad SMARTS) is 1. The number of nitrogens with zero attached hydrogens (tertiary/aromatic N) is 1. The zero-order valence-corrected chi connectivity index (χ0v) is 11.7. The number of carboxylic acids is 1. The second-order valence-electron chi connectivity index (χ2n) is 5.68. The van der Waals surface area contributed by atoms with Crippen molar-refractivity contribution >= 4 is 11.9 Å². The molecular weight excluding hydrogens is 244 g/mol. The summed E-state index contributed by atoms with van der Waals surface area (Å²) in [6.07, 6.45) is 1.41. The van der Waals surface area contributed by atoms with Crippen molar-refractivity contribution in [3.05, 3.63) is 29.6 Å². The lowest BCUT2D eigenvalue weighted by Gasteiger charge is -2.27. The van der Waals surface area contributed by atoms with Crippen LogP contribution in [0.3, 0.4) is 0 Å². The Balaban J connectivity index is 2.77. The highest BCUT2D eigenvalue weighted by Crippen LogP contribution is 2.24. The maximum atomic E-state index is 12.0. The van der Waals surface area contributed by atoms with Crippen LogP contribution >= 0.6 is 0 Å². The van der Waals surface area contributed by atoms with E-state index in [2.05, 4.69) is 31.1 Å². The highest BCUT2D eigenvalue weighted by molar-refractivity contribution is 6.03. The number of rotatable bonds is 4. The molecule has 5 heteroatoms. The predicted molar refractivity (Wildman–Crippen MR) is 72.1 cm³/mol. The maximum Gasteiger partial charge on any atom is 0.338 e. The SMILES string of the molecule is CC(CNC(=O)c1ncccc1C(=O)O)C(C)(C)C. The van der Waals surface area contributed by atoms with Crippen LogP contribution in [0, 0.1) is 11.3 Å². The van der Waals surface area contributed by atoms with E-state index in [0.717, 1.165) is 0 Å². The summed E-state index contributed by atoms with van der Waals surface area (Å²) in [4.78, 5) is 26.8. The molecule has 0 spiro atoms. The van der Waals surface area contributed by atoms with Crippen LogP contribution in [0.25, 0.3) is 0 Å². The third-order valence-electron chi connectivity index (χ3n) is 3.30. The fraction of sp³-hybridized carbons (Fsp3) is 0.500. The third-order valence-corrected chi connectivity index (χ3v) is 3.30. The van der Waals surface area contributed by atoms with Crippen molar-refractivity contribution in [3.63, 3.8) is 0 Å². The molecule has 19 heavy (non-hydrogen) atoms. The van der Waals surface area contributed by atoms with Gasteiger partial charge in [0, 0.05) is 12.7 Å². The molecule has 0 bridgehead atoms. The van der Waals surface area contributed by atoms with Crippen LogP contribution in [0.1, 0.15) is 48.5 Å². The maximum absolute atomic E-state index is 12.0. The van der Waals surface area contributed by atoms with Gasteiger partial charge in [-0.2, -0.15) is 0 Å². The first-order valence-electron chi connectivity index (χ1n) is 6.20. The quantitative estimate of drug-likeness (QED) is 0.873. The van der Waals surface area contributed by atoms with Crippen molar-refractivity contribution in [2.45, 2.75) is 27.7 Å². The molecule has 0 aliphatic carbocycles. The lowest BCUT2D eigenvalue weighted by Crippen LogP contribution is -2.34. The molecular formula is C14H20N2O3. The Bertz CT molecular complexity index is 478. The molecule has 104 valence electrons. The average molecular weight is 264 g/mol. The zero-order valence-electron chi connectivity index (χ0n) is 11.7. The zero-order chi connectivity index (χ0) is 14.6. The summed E-state index contributed by atoms with van der Waals surface area (Å²) >= 11 is 0. The van der Waals surface area contributed by atoms with E-state index in [1.165, 1.54) is 18.3 Å². The molecule has 1 heterocycles. The van der Waals surface area contributed by atoms with E-state index in [0.29, 0.717) is 6.54 Å². The van der Waals surface area contributed by atoms with E-state index in [9.17, 15) is 9.59 Å². The van der Waals surface area contributed by atoms with Crippen molar-refractivity contribution in [3.8, 4) is 0 Å². The fourth-order valence-electron chi connectivity index (χ4n) is 1.39. The highest BCUT2D eigenvalue weighted by Gasteiger charge is 2.22. The van der Waals surface area contributed by atoms with Gasteiger partial charge in [0.25, 0.3) is 5.91 Å². The molecule has 0 saturated heterocycles.